The van der Waals surface area contributed by atoms with Crippen LogP contribution in [0.25, 0.3) is 20.7 Å². The Morgan fingerprint density at radius 2 is 2.12 bits per heavy atom. The average Bonchev–Trinajstić information content (AvgIpc) is 3.47. The zero-order valence-corrected chi connectivity index (χ0v) is 18.4. The normalized spacial score (nSPS) is 16.7. The number of aliphatic carboxylic acids is 1. The number of aryl methyl sites for hydroxylation is 1. The molecule has 4 aromatic rings. The molecule has 0 spiro atoms. The van der Waals surface area contributed by atoms with Crippen molar-refractivity contribution in [1.29, 1.82) is 0 Å². The Morgan fingerprint density at radius 3 is 2.91 bits per heavy atom. The van der Waals surface area contributed by atoms with Crippen molar-refractivity contribution in [2.24, 2.45) is 0 Å². The summed E-state index contributed by atoms with van der Waals surface area (Å²) in [5, 5.41) is 13.8. The number of hydrogen-bond donors (Lipinski definition) is 2. The Balaban J connectivity index is 1.47. The average molecular weight is 450 g/mol. The summed E-state index contributed by atoms with van der Waals surface area (Å²) in [6.07, 6.45) is 3.67. The van der Waals surface area contributed by atoms with E-state index < -0.39 is 5.97 Å². The van der Waals surface area contributed by atoms with Gasteiger partial charge in [0.1, 0.15) is 10.5 Å². The number of rotatable bonds is 6. The van der Waals surface area contributed by atoms with E-state index >= 15 is 0 Å². The van der Waals surface area contributed by atoms with Crippen LogP contribution in [0.3, 0.4) is 0 Å². The predicted molar refractivity (Wildman–Crippen MR) is 123 cm³/mol. The molecule has 5 rings (SSSR count). The molecule has 1 unspecified atom stereocenters. The fraction of sp³-hybridized carbons (Fsp3) is 0.304. The van der Waals surface area contributed by atoms with Crippen molar-refractivity contribution in [3.8, 4) is 10.4 Å². The summed E-state index contributed by atoms with van der Waals surface area (Å²) in [6.45, 7) is 3.28. The second kappa shape index (κ2) is 8.33. The van der Waals surface area contributed by atoms with E-state index in [2.05, 4.69) is 22.2 Å². The first-order chi connectivity index (χ1) is 15.5. The molecule has 32 heavy (non-hydrogen) atoms. The molecule has 0 saturated carbocycles. The highest BCUT2D eigenvalue weighted by atomic mass is 32.1. The first-order valence-electron chi connectivity index (χ1n) is 10.6. The third-order valence-corrected chi connectivity index (χ3v) is 6.97. The molecule has 4 heterocycles. The lowest BCUT2D eigenvalue weighted by Gasteiger charge is -2.21. The summed E-state index contributed by atoms with van der Waals surface area (Å²) < 4.78 is 2.48. The van der Waals surface area contributed by atoms with Gasteiger partial charge in [0, 0.05) is 16.6 Å². The number of carboxylic acid groups (broad SMARTS) is 1. The number of aromatic nitrogens is 4. The number of benzene rings is 1. The number of H-pyrrole nitrogens is 1. The Hall–Kier alpha value is -3.30. The maximum Gasteiger partial charge on any atom is 0.317 e. The van der Waals surface area contributed by atoms with Gasteiger partial charge in [0.25, 0.3) is 5.56 Å². The summed E-state index contributed by atoms with van der Waals surface area (Å²) in [5.41, 5.74) is 3.51. The van der Waals surface area contributed by atoms with Gasteiger partial charge in [-0.2, -0.15) is 5.10 Å². The lowest BCUT2D eigenvalue weighted by atomic mass is 10.2. The maximum absolute atomic E-state index is 12.8. The van der Waals surface area contributed by atoms with Crippen molar-refractivity contribution in [2.45, 2.75) is 32.4 Å². The molecular weight excluding hydrogens is 426 g/mol. The standard InChI is InChI=1S/C23H23N5O3S/c1-14-16(12-28(26-14)11-15-6-3-2-4-7-15)19-10-17-21(32-19)23(31)25-22(24-17)18-8-5-9-27(18)13-20(29)30/h2-4,6-7,10,12,18H,5,8-9,11,13H2,1H3,(H,29,30)(H,24,25,31). The fourth-order valence-corrected chi connectivity index (χ4v) is 5.41. The maximum atomic E-state index is 12.8. The summed E-state index contributed by atoms with van der Waals surface area (Å²) in [6, 6.07) is 11.9. The number of thiophene rings is 1. The van der Waals surface area contributed by atoms with Crippen molar-refractivity contribution in [3.05, 3.63) is 70.0 Å². The van der Waals surface area contributed by atoms with Gasteiger partial charge in [-0.15, -0.1) is 11.3 Å². The lowest BCUT2D eigenvalue weighted by molar-refractivity contribution is -0.138. The minimum absolute atomic E-state index is 0.0545. The molecule has 0 amide bonds. The second-order valence-corrected chi connectivity index (χ2v) is 9.16. The van der Waals surface area contributed by atoms with Crippen LogP contribution in [-0.4, -0.2) is 48.8 Å². The first kappa shape index (κ1) is 20.6. The zero-order valence-electron chi connectivity index (χ0n) is 17.6. The van der Waals surface area contributed by atoms with Gasteiger partial charge in [-0.05, 0) is 37.9 Å². The molecule has 1 aliphatic heterocycles. The van der Waals surface area contributed by atoms with Gasteiger partial charge in [-0.25, -0.2) is 4.98 Å². The highest BCUT2D eigenvalue weighted by molar-refractivity contribution is 7.22. The Kier molecular flexibility index (Phi) is 5.36. The summed E-state index contributed by atoms with van der Waals surface area (Å²) in [7, 11) is 0. The third-order valence-electron chi connectivity index (χ3n) is 5.82. The van der Waals surface area contributed by atoms with E-state index in [1.807, 2.05) is 47.0 Å². The smallest absolute Gasteiger partial charge is 0.317 e. The highest BCUT2D eigenvalue weighted by Gasteiger charge is 2.30. The second-order valence-electron chi connectivity index (χ2n) is 8.11. The monoisotopic (exact) mass is 449 g/mol. The molecule has 0 bridgehead atoms. The van der Waals surface area contributed by atoms with E-state index in [4.69, 9.17) is 4.98 Å². The van der Waals surface area contributed by atoms with Crippen molar-refractivity contribution < 1.29 is 9.90 Å². The van der Waals surface area contributed by atoms with Crippen LogP contribution in [0.5, 0.6) is 0 Å². The van der Waals surface area contributed by atoms with E-state index in [9.17, 15) is 14.7 Å². The van der Waals surface area contributed by atoms with Gasteiger partial charge in [0.05, 0.1) is 30.3 Å². The van der Waals surface area contributed by atoms with Crippen LogP contribution in [0.1, 0.15) is 36.0 Å². The number of likely N-dealkylation sites (tertiary alicyclic amines) is 1. The molecule has 1 atom stereocenters. The van der Waals surface area contributed by atoms with Crippen molar-refractivity contribution in [1.82, 2.24) is 24.6 Å². The van der Waals surface area contributed by atoms with Gasteiger partial charge in [-0.3, -0.25) is 19.2 Å². The molecule has 8 nitrogen and oxygen atoms in total. The van der Waals surface area contributed by atoms with Crippen LogP contribution < -0.4 is 5.56 Å². The fourth-order valence-electron chi connectivity index (χ4n) is 4.36. The van der Waals surface area contributed by atoms with Crippen LogP contribution in [0.15, 0.2) is 47.4 Å². The Labute approximate surface area is 188 Å². The molecule has 9 heteroatoms. The van der Waals surface area contributed by atoms with Gasteiger partial charge in [0.15, 0.2) is 0 Å². The van der Waals surface area contributed by atoms with Gasteiger partial charge in [-0.1, -0.05) is 30.3 Å². The highest BCUT2D eigenvalue weighted by Crippen LogP contribution is 2.34. The molecule has 1 fully saturated rings. The van der Waals surface area contributed by atoms with Crippen LogP contribution in [0.2, 0.25) is 0 Å². The van der Waals surface area contributed by atoms with E-state index in [1.54, 1.807) is 0 Å². The molecular formula is C23H23N5O3S. The summed E-state index contributed by atoms with van der Waals surface area (Å²) in [4.78, 5) is 34.4. The topological polar surface area (TPSA) is 104 Å². The Bertz CT molecular complexity index is 1340. The van der Waals surface area contributed by atoms with E-state index in [0.29, 0.717) is 29.1 Å². The molecule has 2 N–H and O–H groups in total. The minimum Gasteiger partial charge on any atom is -0.480 e. The number of fused-ring (bicyclic) bond motifs is 1. The molecule has 1 aromatic carbocycles. The molecule has 1 aliphatic rings. The lowest BCUT2D eigenvalue weighted by Crippen LogP contribution is -2.31. The number of carboxylic acids is 1. The minimum atomic E-state index is -0.874. The summed E-state index contributed by atoms with van der Waals surface area (Å²) in [5.74, 6) is -0.330. The largest absolute Gasteiger partial charge is 0.480 e. The van der Waals surface area contributed by atoms with Crippen molar-refractivity contribution in [2.75, 3.05) is 13.1 Å². The van der Waals surface area contributed by atoms with Gasteiger partial charge < -0.3 is 10.1 Å². The number of carbonyl (C=O) groups is 1. The van der Waals surface area contributed by atoms with Gasteiger partial charge in [0.2, 0.25) is 0 Å². The molecule has 0 radical (unpaired) electrons. The van der Waals surface area contributed by atoms with Crippen LogP contribution in [0.4, 0.5) is 0 Å². The molecule has 0 aliphatic carbocycles. The van der Waals surface area contributed by atoms with E-state index in [1.165, 1.54) is 16.9 Å². The zero-order chi connectivity index (χ0) is 22.2. The van der Waals surface area contributed by atoms with E-state index in [0.717, 1.165) is 29.0 Å². The van der Waals surface area contributed by atoms with Crippen LogP contribution >= 0.6 is 11.3 Å². The third kappa shape index (κ3) is 3.96. The number of nitrogens with zero attached hydrogens (tertiary/aromatic N) is 4. The van der Waals surface area contributed by atoms with Gasteiger partial charge >= 0.3 is 5.97 Å². The number of nitrogens with one attached hydrogen (secondary N) is 1. The first-order valence-corrected chi connectivity index (χ1v) is 11.4. The van der Waals surface area contributed by atoms with Crippen LogP contribution in [0, 0.1) is 6.92 Å². The van der Waals surface area contributed by atoms with Crippen LogP contribution in [-0.2, 0) is 11.3 Å². The summed E-state index contributed by atoms with van der Waals surface area (Å²) >= 11 is 1.41. The molecule has 164 valence electrons. The number of aromatic amines is 1. The van der Waals surface area contributed by atoms with Crippen molar-refractivity contribution >= 4 is 27.5 Å². The van der Waals surface area contributed by atoms with E-state index in [-0.39, 0.29) is 18.1 Å². The predicted octanol–water partition coefficient (Wildman–Crippen LogP) is 3.43. The van der Waals surface area contributed by atoms with Crippen molar-refractivity contribution in [3.63, 3.8) is 0 Å². The SMILES string of the molecule is Cc1nn(Cc2ccccc2)cc1-c1cc2nc(C3CCCN3CC(=O)O)[nH]c(=O)c2s1. The Morgan fingerprint density at radius 1 is 1.31 bits per heavy atom. The molecule has 1 saturated heterocycles. The number of hydrogen-bond acceptors (Lipinski definition) is 6. The molecule has 3 aromatic heterocycles. The quantitative estimate of drug-likeness (QED) is 0.467.